The zero-order valence-electron chi connectivity index (χ0n) is 17.7. The summed E-state index contributed by atoms with van der Waals surface area (Å²) in [4.78, 5) is 27.9. The lowest BCUT2D eigenvalue weighted by molar-refractivity contribution is 0.0772. The maximum atomic E-state index is 12.9. The molecule has 2 aliphatic rings. The third kappa shape index (κ3) is 3.54. The van der Waals surface area contributed by atoms with Gasteiger partial charge in [-0.25, -0.2) is 14.6 Å². The van der Waals surface area contributed by atoms with Crippen molar-refractivity contribution in [1.82, 2.24) is 24.6 Å². The predicted molar refractivity (Wildman–Crippen MR) is 126 cm³/mol. The van der Waals surface area contributed by atoms with E-state index in [9.17, 15) is 4.79 Å². The zero-order valence-corrected chi connectivity index (χ0v) is 18.5. The van der Waals surface area contributed by atoms with E-state index in [-0.39, 0.29) is 5.91 Å². The van der Waals surface area contributed by atoms with Crippen molar-refractivity contribution in [2.24, 2.45) is 0 Å². The predicted octanol–water partition coefficient (Wildman–Crippen LogP) is 4.11. The number of hydrogen-bond donors (Lipinski definition) is 0. The summed E-state index contributed by atoms with van der Waals surface area (Å²) in [7, 11) is 0. The van der Waals surface area contributed by atoms with Crippen molar-refractivity contribution in [2.75, 3.05) is 31.1 Å². The van der Waals surface area contributed by atoms with Crippen molar-refractivity contribution >= 4 is 34.1 Å². The quantitative estimate of drug-likeness (QED) is 0.474. The topological polar surface area (TPSA) is 67.2 Å². The lowest BCUT2D eigenvalue weighted by Gasteiger charge is -2.23. The van der Waals surface area contributed by atoms with Crippen LogP contribution in [0.4, 0.5) is 5.82 Å². The smallest absolute Gasteiger partial charge is 0.263 e. The summed E-state index contributed by atoms with van der Waals surface area (Å²) in [6.07, 6.45) is 5.09. The number of nitrogens with zero attached hydrogens (tertiary/aromatic N) is 6. The monoisotopic (exact) mass is 444 g/mol. The molecule has 8 heteroatoms. The molecule has 1 saturated carbocycles. The van der Waals surface area contributed by atoms with Crippen molar-refractivity contribution in [1.29, 1.82) is 0 Å². The summed E-state index contributed by atoms with van der Waals surface area (Å²) >= 11 is 1.51. The Balaban J connectivity index is 1.34. The summed E-state index contributed by atoms with van der Waals surface area (Å²) in [5, 5.41) is 7.59. The highest BCUT2D eigenvalue weighted by atomic mass is 32.1. The molecule has 4 heterocycles. The van der Waals surface area contributed by atoms with Crippen molar-refractivity contribution in [2.45, 2.75) is 25.2 Å². The van der Waals surface area contributed by atoms with Gasteiger partial charge < -0.3 is 9.80 Å². The molecule has 1 aromatic carbocycles. The normalized spacial score (nSPS) is 17.0. The lowest BCUT2D eigenvalue weighted by Crippen LogP contribution is -2.35. The fraction of sp³-hybridized carbons (Fsp3) is 0.333. The van der Waals surface area contributed by atoms with Crippen molar-refractivity contribution in [3.63, 3.8) is 0 Å². The number of anilines is 1. The van der Waals surface area contributed by atoms with E-state index in [4.69, 9.17) is 9.97 Å². The van der Waals surface area contributed by atoms with Gasteiger partial charge >= 0.3 is 0 Å². The van der Waals surface area contributed by atoms with Crippen LogP contribution in [-0.4, -0.2) is 56.7 Å². The molecule has 2 fully saturated rings. The second-order valence-corrected chi connectivity index (χ2v) is 9.37. The molecule has 0 bridgehead atoms. The summed E-state index contributed by atoms with van der Waals surface area (Å²) in [6, 6.07) is 14.0. The number of carbonyl (C=O) groups is 1. The van der Waals surface area contributed by atoms with Crippen LogP contribution in [-0.2, 0) is 0 Å². The Kier molecular flexibility index (Phi) is 4.87. The Bertz CT molecular complexity index is 1250. The molecule has 1 saturated heterocycles. The fourth-order valence-corrected chi connectivity index (χ4v) is 5.01. The Morgan fingerprint density at radius 2 is 1.84 bits per heavy atom. The molecule has 4 aromatic rings. The highest BCUT2D eigenvalue weighted by Gasteiger charge is 2.30. The van der Waals surface area contributed by atoms with Gasteiger partial charge in [0, 0.05) is 32.1 Å². The Labute approximate surface area is 190 Å². The van der Waals surface area contributed by atoms with Gasteiger partial charge in [-0.15, -0.1) is 11.3 Å². The molecule has 0 atom stereocenters. The number of carbonyl (C=O) groups excluding carboxylic acids is 1. The minimum absolute atomic E-state index is 0.130. The number of fused-ring (bicyclic) bond motifs is 1. The number of thiophene rings is 1. The summed E-state index contributed by atoms with van der Waals surface area (Å²) in [6.45, 7) is 3.07. The number of para-hydroxylation sites is 1. The number of amides is 1. The first-order valence-electron chi connectivity index (χ1n) is 11.2. The van der Waals surface area contributed by atoms with E-state index in [1.807, 2.05) is 63.6 Å². The van der Waals surface area contributed by atoms with Crippen LogP contribution in [0.25, 0.3) is 16.7 Å². The van der Waals surface area contributed by atoms with E-state index in [1.165, 1.54) is 11.3 Å². The van der Waals surface area contributed by atoms with Crippen LogP contribution < -0.4 is 4.90 Å². The van der Waals surface area contributed by atoms with Gasteiger partial charge in [-0.1, -0.05) is 24.3 Å². The largest absolute Gasteiger partial charge is 0.354 e. The maximum Gasteiger partial charge on any atom is 0.263 e. The number of benzene rings is 1. The summed E-state index contributed by atoms with van der Waals surface area (Å²) in [5.74, 6) is 2.44. The maximum absolute atomic E-state index is 12.9. The van der Waals surface area contributed by atoms with E-state index in [0.717, 1.165) is 72.1 Å². The van der Waals surface area contributed by atoms with Gasteiger partial charge in [-0.05, 0) is 42.8 Å². The van der Waals surface area contributed by atoms with Crippen molar-refractivity contribution in [3.05, 3.63) is 64.7 Å². The molecule has 1 aliphatic carbocycles. The number of rotatable bonds is 4. The molecule has 0 radical (unpaired) electrons. The Morgan fingerprint density at radius 3 is 2.62 bits per heavy atom. The molecular formula is C24H24N6OS. The van der Waals surface area contributed by atoms with Crippen LogP contribution in [0.1, 0.15) is 40.7 Å². The zero-order chi connectivity index (χ0) is 21.5. The molecule has 6 rings (SSSR count). The van der Waals surface area contributed by atoms with Crippen LogP contribution >= 0.6 is 11.3 Å². The van der Waals surface area contributed by atoms with Gasteiger partial charge in [-0.2, -0.15) is 5.10 Å². The van der Waals surface area contributed by atoms with Crippen LogP contribution in [0.3, 0.4) is 0 Å². The van der Waals surface area contributed by atoms with Crippen molar-refractivity contribution in [3.8, 4) is 5.69 Å². The molecule has 3 aromatic heterocycles. The fourth-order valence-electron chi connectivity index (χ4n) is 4.32. The second-order valence-electron chi connectivity index (χ2n) is 8.42. The third-order valence-electron chi connectivity index (χ3n) is 6.18. The van der Waals surface area contributed by atoms with Gasteiger partial charge in [-0.3, -0.25) is 4.79 Å². The van der Waals surface area contributed by atoms with Gasteiger partial charge in [0.1, 0.15) is 11.6 Å². The average molecular weight is 445 g/mol. The minimum atomic E-state index is 0.130. The third-order valence-corrected chi connectivity index (χ3v) is 7.04. The Morgan fingerprint density at radius 1 is 0.969 bits per heavy atom. The number of hydrogen-bond acceptors (Lipinski definition) is 6. The molecule has 1 amide bonds. The lowest BCUT2D eigenvalue weighted by atomic mass is 10.3. The highest BCUT2D eigenvalue weighted by Crippen LogP contribution is 2.40. The first kappa shape index (κ1) is 19.4. The molecule has 0 unspecified atom stereocenters. The first-order valence-corrected chi connectivity index (χ1v) is 12.0. The average Bonchev–Trinajstić information content (AvgIpc) is 3.45. The van der Waals surface area contributed by atoms with E-state index < -0.39 is 0 Å². The van der Waals surface area contributed by atoms with E-state index >= 15 is 0 Å². The van der Waals surface area contributed by atoms with Crippen LogP contribution in [0.5, 0.6) is 0 Å². The van der Waals surface area contributed by atoms with E-state index in [2.05, 4.69) is 10.00 Å². The Hall–Kier alpha value is -3.26. The molecule has 7 nitrogen and oxygen atoms in total. The molecule has 32 heavy (non-hydrogen) atoms. The molecule has 0 spiro atoms. The molecular weight excluding hydrogens is 420 g/mol. The number of aromatic nitrogens is 4. The second kappa shape index (κ2) is 8.02. The standard InChI is InChI=1S/C24H24N6OS/c31-24(20-8-4-15-32-20)29-12-5-11-28(13-14-29)22-19-16-25-30(18-6-2-1-3-7-18)23(19)27-21(26-22)17-9-10-17/h1-4,6-8,15-17H,5,9-14H2. The van der Waals surface area contributed by atoms with E-state index in [0.29, 0.717) is 12.5 Å². The van der Waals surface area contributed by atoms with Gasteiger partial charge in [0.05, 0.1) is 22.1 Å². The first-order chi connectivity index (χ1) is 15.8. The molecule has 1 aliphatic heterocycles. The van der Waals surface area contributed by atoms with Crippen LogP contribution in [0, 0.1) is 0 Å². The SMILES string of the molecule is O=C(c1cccs1)N1CCCN(c2nc(C3CC3)nc3c2cnn3-c2ccccc2)CC1. The van der Waals surface area contributed by atoms with Gasteiger partial charge in [0.15, 0.2) is 5.65 Å². The summed E-state index contributed by atoms with van der Waals surface area (Å²) in [5.41, 5.74) is 1.86. The van der Waals surface area contributed by atoms with Crippen LogP contribution in [0.15, 0.2) is 54.0 Å². The van der Waals surface area contributed by atoms with Gasteiger partial charge in [0.25, 0.3) is 5.91 Å². The minimum Gasteiger partial charge on any atom is -0.354 e. The van der Waals surface area contributed by atoms with E-state index in [1.54, 1.807) is 0 Å². The van der Waals surface area contributed by atoms with Crippen molar-refractivity contribution < 1.29 is 4.79 Å². The summed E-state index contributed by atoms with van der Waals surface area (Å²) < 4.78 is 1.91. The highest BCUT2D eigenvalue weighted by molar-refractivity contribution is 7.12. The van der Waals surface area contributed by atoms with Gasteiger partial charge in [0.2, 0.25) is 0 Å². The molecule has 0 N–H and O–H groups in total. The molecule has 162 valence electrons. The van der Waals surface area contributed by atoms with Crippen LogP contribution in [0.2, 0.25) is 0 Å².